The van der Waals surface area contributed by atoms with Gasteiger partial charge in [0.2, 0.25) is 17.9 Å². The first-order valence-corrected chi connectivity index (χ1v) is 11.1. The van der Waals surface area contributed by atoms with Crippen LogP contribution >= 0.6 is 27.7 Å². The van der Waals surface area contributed by atoms with Crippen LogP contribution in [0.15, 0.2) is 50.8 Å². The molecule has 2 aliphatic rings. The van der Waals surface area contributed by atoms with Gasteiger partial charge in [0.05, 0.1) is 16.8 Å². The van der Waals surface area contributed by atoms with Crippen molar-refractivity contribution in [3.05, 3.63) is 56.8 Å². The Hall–Kier alpha value is -2.85. The van der Waals surface area contributed by atoms with E-state index in [1.165, 1.54) is 18.7 Å². The molecule has 10 heteroatoms. The standard InChI is InChI=1S/C20H15BrN4O4S/c1-10(26)24-14-6-4-3-5-11(14)17-18(27)22-20(30-2)23-25(17)19(24)12-7-15-16(8-13(12)21)29-9-28-15/h3-8,19H,9H2,1-2H3/p+1. The molecule has 0 fully saturated rings. The van der Waals surface area contributed by atoms with E-state index < -0.39 is 6.17 Å². The van der Waals surface area contributed by atoms with Crippen LogP contribution in [-0.4, -0.2) is 29.0 Å². The fourth-order valence-corrected chi connectivity index (χ4v) is 4.71. The van der Waals surface area contributed by atoms with Gasteiger partial charge in [0.25, 0.3) is 6.17 Å². The summed E-state index contributed by atoms with van der Waals surface area (Å²) in [6.07, 6.45) is 1.14. The van der Waals surface area contributed by atoms with Gasteiger partial charge in [0.1, 0.15) is 0 Å². The normalized spacial score (nSPS) is 16.2. The number of para-hydroxylation sites is 1. The van der Waals surface area contributed by atoms with Gasteiger partial charge in [-0.05, 0) is 35.2 Å². The SMILES string of the molecule is CSc1n[n+]2c(c(=O)[nH]1)-c1ccccc1N(C(C)=O)C2c1cc2c(cc1Br)OCO2. The molecule has 1 N–H and O–H groups in total. The van der Waals surface area contributed by atoms with Crippen LogP contribution in [0.25, 0.3) is 11.3 Å². The molecular weight excluding hydrogens is 472 g/mol. The Morgan fingerprint density at radius 1 is 1.30 bits per heavy atom. The largest absolute Gasteiger partial charge is 0.454 e. The summed E-state index contributed by atoms with van der Waals surface area (Å²) in [7, 11) is 0. The summed E-state index contributed by atoms with van der Waals surface area (Å²) < 4.78 is 13.3. The van der Waals surface area contributed by atoms with Crippen molar-refractivity contribution in [2.45, 2.75) is 18.2 Å². The smallest absolute Gasteiger partial charge is 0.325 e. The van der Waals surface area contributed by atoms with Gasteiger partial charge >= 0.3 is 11.3 Å². The van der Waals surface area contributed by atoms with E-state index in [2.05, 4.69) is 26.0 Å². The van der Waals surface area contributed by atoms with Crippen LogP contribution in [0.3, 0.4) is 0 Å². The lowest BCUT2D eigenvalue weighted by Crippen LogP contribution is -2.60. The van der Waals surface area contributed by atoms with Crippen LogP contribution in [0.1, 0.15) is 18.7 Å². The Balaban J connectivity index is 1.86. The van der Waals surface area contributed by atoms with Crippen LogP contribution in [0.2, 0.25) is 0 Å². The Bertz CT molecular complexity index is 1260. The Morgan fingerprint density at radius 3 is 2.77 bits per heavy atom. The van der Waals surface area contributed by atoms with Crippen molar-refractivity contribution >= 4 is 39.3 Å². The summed E-state index contributed by atoms with van der Waals surface area (Å²) in [6.45, 7) is 1.63. The summed E-state index contributed by atoms with van der Waals surface area (Å²) >= 11 is 4.92. The molecule has 3 aromatic rings. The van der Waals surface area contributed by atoms with Crippen molar-refractivity contribution < 1.29 is 19.0 Å². The highest BCUT2D eigenvalue weighted by Crippen LogP contribution is 2.43. The summed E-state index contributed by atoms with van der Waals surface area (Å²) in [5.74, 6) is 1.01. The van der Waals surface area contributed by atoms with Crippen molar-refractivity contribution in [3.63, 3.8) is 0 Å². The summed E-state index contributed by atoms with van der Waals surface area (Å²) in [6, 6.07) is 10.9. The molecule has 2 aliphatic heterocycles. The Kier molecular flexibility index (Phi) is 4.55. The number of nitrogens with zero attached hydrogens (tertiary/aromatic N) is 3. The van der Waals surface area contributed by atoms with Gasteiger partial charge in [-0.15, -0.1) is 0 Å². The molecule has 1 aromatic heterocycles. The fourth-order valence-electron chi connectivity index (χ4n) is 3.82. The minimum absolute atomic E-state index is 0.132. The number of carbonyl (C=O) groups excluding carboxylic acids is 1. The van der Waals surface area contributed by atoms with E-state index in [1.54, 1.807) is 15.6 Å². The number of fused-ring (bicyclic) bond motifs is 4. The highest BCUT2D eigenvalue weighted by Gasteiger charge is 2.46. The maximum absolute atomic E-state index is 13.0. The second-order valence-corrected chi connectivity index (χ2v) is 8.41. The first kappa shape index (κ1) is 19.1. The minimum atomic E-state index is -0.690. The number of aromatic amines is 1. The number of thioether (sulfide) groups is 1. The number of rotatable bonds is 2. The highest BCUT2D eigenvalue weighted by atomic mass is 79.9. The molecule has 0 saturated carbocycles. The molecule has 1 atom stereocenters. The van der Waals surface area contributed by atoms with E-state index >= 15 is 0 Å². The number of anilines is 1. The van der Waals surface area contributed by atoms with Crippen LogP contribution in [0.5, 0.6) is 11.5 Å². The molecule has 152 valence electrons. The van der Waals surface area contributed by atoms with E-state index in [0.29, 0.717) is 38.1 Å². The predicted octanol–water partition coefficient (Wildman–Crippen LogP) is 2.85. The number of benzene rings is 2. The third kappa shape index (κ3) is 2.82. The monoisotopic (exact) mass is 487 g/mol. The lowest BCUT2D eigenvalue weighted by atomic mass is 10.0. The molecule has 30 heavy (non-hydrogen) atoms. The number of carbonyl (C=O) groups is 1. The molecule has 2 aromatic carbocycles. The fraction of sp³-hybridized carbons (Fsp3) is 0.200. The highest BCUT2D eigenvalue weighted by molar-refractivity contribution is 9.10. The second-order valence-electron chi connectivity index (χ2n) is 6.76. The number of hydrogen-bond donors (Lipinski definition) is 1. The number of H-pyrrole nitrogens is 1. The van der Waals surface area contributed by atoms with Crippen molar-refractivity contribution in [3.8, 4) is 22.8 Å². The number of aromatic nitrogens is 3. The quantitative estimate of drug-likeness (QED) is 0.441. The van der Waals surface area contributed by atoms with Crippen molar-refractivity contribution in [2.75, 3.05) is 17.9 Å². The molecule has 0 bridgehead atoms. The average molecular weight is 488 g/mol. The lowest BCUT2D eigenvalue weighted by molar-refractivity contribution is -0.763. The van der Waals surface area contributed by atoms with Crippen LogP contribution < -0.4 is 24.6 Å². The van der Waals surface area contributed by atoms with Gasteiger partial charge in [0, 0.05) is 16.5 Å². The molecule has 3 heterocycles. The molecule has 8 nitrogen and oxygen atoms in total. The molecule has 0 spiro atoms. The number of hydrogen-bond acceptors (Lipinski definition) is 6. The number of nitrogens with one attached hydrogen (secondary N) is 1. The topological polar surface area (TPSA) is 88.4 Å². The van der Waals surface area contributed by atoms with Gasteiger partial charge < -0.3 is 9.47 Å². The van der Waals surface area contributed by atoms with Crippen LogP contribution in [-0.2, 0) is 4.79 Å². The Labute approximate surface area is 183 Å². The number of amides is 1. The van der Waals surface area contributed by atoms with E-state index in [4.69, 9.17) is 9.47 Å². The molecule has 1 amide bonds. The zero-order valence-corrected chi connectivity index (χ0v) is 18.4. The van der Waals surface area contributed by atoms with Crippen LogP contribution in [0.4, 0.5) is 5.69 Å². The van der Waals surface area contributed by atoms with Gasteiger partial charge in [-0.2, -0.15) is 0 Å². The average Bonchev–Trinajstić information content (AvgIpc) is 3.18. The molecule has 1 unspecified atom stereocenters. The van der Waals surface area contributed by atoms with Gasteiger partial charge in [0.15, 0.2) is 11.5 Å². The van der Waals surface area contributed by atoms with E-state index in [-0.39, 0.29) is 18.3 Å². The lowest BCUT2D eigenvalue weighted by Gasteiger charge is -2.31. The van der Waals surface area contributed by atoms with E-state index in [9.17, 15) is 9.59 Å². The maximum atomic E-state index is 13.0. The van der Waals surface area contributed by atoms with Crippen molar-refractivity contribution in [2.24, 2.45) is 0 Å². The maximum Gasteiger partial charge on any atom is 0.325 e. The summed E-state index contributed by atoms with van der Waals surface area (Å²) in [4.78, 5) is 30.4. The molecule has 0 saturated heterocycles. The third-order valence-corrected chi connectivity index (χ3v) is 6.32. The van der Waals surface area contributed by atoms with Crippen molar-refractivity contribution in [1.29, 1.82) is 0 Å². The molecule has 5 rings (SSSR count). The molecular formula is C20H16BrN4O4S+. The van der Waals surface area contributed by atoms with Gasteiger partial charge in [-0.1, -0.05) is 39.8 Å². The van der Waals surface area contributed by atoms with Gasteiger partial charge in [-0.25, -0.2) is 4.90 Å². The molecule has 0 aliphatic carbocycles. The zero-order chi connectivity index (χ0) is 21.0. The number of ether oxygens (including phenoxy) is 2. The van der Waals surface area contributed by atoms with Gasteiger partial charge in [-0.3, -0.25) is 14.6 Å². The minimum Gasteiger partial charge on any atom is -0.454 e. The molecule has 0 radical (unpaired) electrons. The van der Waals surface area contributed by atoms with Crippen molar-refractivity contribution in [1.82, 2.24) is 10.1 Å². The summed E-state index contributed by atoms with van der Waals surface area (Å²) in [5, 5.41) is 5.11. The van der Waals surface area contributed by atoms with E-state index in [1.807, 2.05) is 36.6 Å². The Morgan fingerprint density at radius 2 is 2.03 bits per heavy atom. The van der Waals surface area contributed by atoms with Crippen LogP contribution in [0, 0.1) is 0 Å². The number of halogens is 1. The predicted molar refractivity (Wildman–Crippen MR) is 114 cm³/mol. The zero-order valence-electron chi connectivity index (χ0n) is 16.0. The first-order valence-electron chi connectivity index (χ1n) is 9.08. The van der Waals surface area contributed by atoms with E-state index in [0.717, 1.165) is 5.56 Å². The second kappa shape index (κ2) is 7.13. The first-order chi connectivity index (χ1) is 14.5. The summed E-state index contributed by atoms with van der Waals surface area (Å²) in [5.41, 5.74) is 2.12. The third-order valence-electron chi connectivity index (χ3n) is 5.06.